The van der Waals surface area contributed by atoms with Gasteiger partial charge >= 0.3 is 12.4 Å². The van der Waals surface area contributed by atoms with Crippen LogP contribution in [-0.2, 0) is 25.2 Å². The van der Waals surface area contributed by atoms with E-state index in [9.17, 15) is 26.3 Å². The Labute approximate surface area is 210 Å². The molecule has 0 saturated heterocycles. The van der Waals surface area contributed by atoms with Crippen molar-refractivity contribution in [3.63, 3.8) is 0 Å². The van der Waals surface area contributed by atoms with Gasteiger partial charge in [-0.05, 0) is 72.7 Å². The molecular formula is C30H23F6N. The van der Waals surface area contributed by atoms with E-state index in [-0.39, 0.29) is 11.8 Å². The summed E-state index contributed by atoms with van der Waals surface area (Å²) in [5, 5.41) is 1.64. The normalized spacial score (nSPS) is 14.1. The predicted octanol–water partition coefficient (Wildman–Crippen LogP) is 9.36. The lowest BCUT2D eigenvalue weighted by Gasteiger charge is -2.17. The number of nitrogens with zero attached hydrogens (tertiary/aromatic N) is 1. The van der Waals surface area contributed by atoms with Crippen LogP contribution in [0.15, 0.2) is 83.6 Å². The Kier molecular flexibility index (Phi) is 6.07. The topological polar surface area (TPSA) is 4.93 Å². The third-order valence-corrected chi connectivity index (χ3v) is 6.75. The van der Waals surface area contributed by atoms with E-state index in [1.54, 1.807) is 16.7 Å². The van der Waals surface area contributed by atoms with Gasteiger partial charge < -0.3 is 4.57 Å². The summed E-state index contributed by atoms with van der Waals surface area (Å²) >= 11 is 0. The third-order valence-electron chi connectivity index (χ3n) is 6.75. The van der Waals surface area contributed by atoms with E-state index in [2.05, 4.69) is 5.73 Å². The molecule has 0 unspecified atom stereocenters. The van der Waals surface area contributed by atoms with Crippen LogP contribution in [-0.4, -0.2) is 4.57 Å². The van der Waals surface area contributed by atoms with Crippen LogP contribution in [0.1, 0.15) is 42.5 Å². The zero-order valence-electron chi connectivity index (χ0n) is 20.2. The molecule has 1 aliphatic rings. The molecule has 0 bridgehead atoms. The average molecular weight is 512 g/mol. The van der Waals surface area contributed by atoms with Crippen molar-refractivity contribution in [1.29, 1.82) is 0 Å². The number of rotatable bonds is 5. The van der Waals surface area contributed by atoms with Crippen molar-refractivity contribution in [3.8, 4) is 5.69 Å². The number of hydrogen-bond donors (Lipinski definition) is 0. The number of halogens is 6. The highest BCUT2D eigenvalue weighted by atomic mass is 19.4. The Morgan fingerprint density at radius 1 is 0.784 bits per heavy atom. The fourth-order valence-corrected chi connectivity index (χ4v) is 5.04. The molecule has 7 heteroatoms. The second kappa shape index (κ2) is 9.00. The Morgan fingerprint density at radius 2 is 1.43 bits per heavy atom. The average Bonchev–Trinajstić information content (AvgIpc) is 3.42. The van der Waals surface area contributed by atoms with Crippen molar-refractivity contribution < 1.29 is 26.3 Å². The molecule has 1 nitrogen and oxygen atoms in total. The first-order valence-electron chi connectivity index (χ1n) is 12.0. The van der Waals surface area contributed by atoms with Gasteiger partial charge in [-0.2, -0.15) is 26.3 Å². The minimum atomic E-state index is -4.93. The Morgan fingerprint density at radius 3 is 2.03 bits per heavy atom. The number of allylic oxidation sites excluding steroid dienone is 3. The minimum Gasteiger partial charge on any atom is -0.309 e. The van der Waals surface area contributed by atoms with Gasteiger partial charge in [-0.25, -0.2) is 0 Å². The van der Waals surface area contributed by atoms with Crippen LogP contribution in [0.5, 0.6) is 0 Å². The summed E-state index contributed by atoms with van der Waals surface area (Å²) in [4.78, 5) is 0. The summed E-state index contributed by atoms with van der Waals surface area (Å²) in [7, 11) is 0. The summed E-state index contributed by atoms with van der Waals surface area (Å²) in [5.41, 5.74) is 5.60. The van der Waals surface area contributed by atoms with Crippen LogP contribution in [0.25, 0.3) is 27.5 Å². The van der Waals surface area contributed by atoms with Crippen molar-refractivity contribution >= 4 is 21.8 Å². The first-order valence-corrected chi connectivity index (χ1v) is 12.0. The highest BCUT2D eigenvalue weighted by Gasteiger charge is 2.37. The molecule has 0 amide bonds. The lowest BCUT2D eigenvalue weighted by molar-refractivity contribution is -0.143. The molecule has 190 valence electrons. The van der Waals surface area contributed by atoms with Crippen LogP contribution in [0, 0.1) is 0 Å². The smallest absolute Gasteiger partial charge is 0.309 e. The molecule has 0 saturated carbocycles. The number of aryl methyl sites for hydroxylation is 2. The van der Waals surface area contributed by atoms with Gasteiger partial charge in [-0.15, -0.1) is 5.73 Å². The van der Waals surface area contributed by atoms with Gasteiger partial charge in [0, 0.05) is 16.5 Å². The van der Waals surface area contributed by atoms with E-state index < -0.39 is 23.5 Å². The van der Waals surface area contributed by atoms with E-state index >= 15 is 0 Å². The van der Waals surface area contributed by atoms with Crippen molar-refractivity contribution in [2.75, 3.05) is 0 Å². The number of fused-ring (bicyclic) bond motifs is 3. The zero-order valence-corrected chi connectivity index (χ0v) is 20.2. The van der Waals surface area contributed by atoms with Crippen LogP contribution in [0.3, 0.4) is 0 Å². The number of aromatic nitrogens is 1. The molecule has 5 rings (SSSR count). The molecule has 3 aromatic carbocycles. The fraction of sp³-hybridized carbons (Fsp3) is 0.233. The number of alkyl halides is 6. The first-order chi connectivity index (χ1) is 17.5. The molecule has 4 aromatic rings. The molecule has 0 N–H and O–H groups in total. The highest BCUT2D eigenvalue weighted by molar-refractivity contribution is 6.12. The van der Waals surface area contributed by atoms with Crippen LogP contribution in [0.2, 0.25) is 0 Å². The maximum Gasteiger partial charge on any atom is 0.416 e. The lowest BCUT2D eigenvalue weighted by Crippen LogP contribution is -2.12. The molecular weight excluding hydrogens is 488 g/mol. The molecule has 1 aliphatic carbocycles. The van der Waals surface area contributed by atoms with E-state index in [0.717, 1.165) is 51.6 Å². The van der Waals surface area contributed by atoms with E-state index in [1.807, 2.05) is 50.3 Å². The van der Waals surface area contributed by atoms with Gasteiger partial charge in [0.2, 0.25) is 0 Å². The van der Waals surface area contributed by atoms with Crippen LogP contribution in [0.4, 0.5) is 26.3 Å². The predicted molar refractivity (Wildman–Crippen MR) is 134 cm³/mol. The van der Waals surface area contributed by atoms with Gasteiger partial charge in [0.15, 0.2) is 0 Å². The summed E-state index contributed by atoms with van der Waals surface area (Å²) in [6, 6.07) is 12.9. The van der Waals surface area contributed by atoms with Gasteiger partial charge in [0.25, 0.3) is 0 Å². The van der Waals surface area contributed by atoms with Gasteiger partial charge in [0.1, 0.15) is 0 Å². The number of benzene rings is 3. The standard InChI is InChI=1S/C30H23F6N/c1-3-20-12-13-21(11-10-19-9-8-18(2)14-19)27-25-6-4-5-7-26(25)37(28(20)27)24-16-22(29(31,32)33)15-23(17-24)30(34,35)36/h4-9,12-13,15-17H,3,10-11H2,1-2H3. The van der Waals surface area contributed by atoms with Gasteiger partial charge in [0.05, 0.1) is 22.2 Å². The lowest BCUT2D eigenvalue weighted by atomic mass is 9.97. The molecule has 0 fully saturated rings. The van der Waals surface area contributed by atoms with Crippen molar-refractivity contribution in [2.45, 2.75) is 45.5 Å². The molecule has 37 heavy (non-hydrogen) atoms. The summed E-state index contributed by atoms with van der Waals surface area (Å²) in [6.45, 7) is 3.89. The fourth-order valence-electron chi connectivity index (χ4n) is 5.04. The largest absolute Gasteiger partial charge is 0.416 e. The third kappa shape index (κ3) is 4.60. The molecule has 1 aromatic heterocycles. The van der Waals surface area contributed by atoms with Gasteiger partial charge in [-0.1, -0.05) is 49.4 Å². The first kappa shape index (κ1) is 25.0. The second-order valence-corrected chi connectivity index (χ2v) is 9.24. The maximum atomic E-state index is 13.7. The molecule has 0 aliphatic heterocycles. The molecule has 0 spiro atoms. The maximum absolute atomic E-state index is 13.7. The van der Waals surface area contributed by atoms with Crippen molar-refractivity contribution in [3.05, 3.63) is 106 Å². The molecule has 0 radical (unpaired) electrons. The van der Waals surface area contributed by atoms with Crippen LogP contribution < -0.4 is 0 Å². The van der Waals surface area contributed by atoms with E-state index in [1.165, 1.54) is 0 Å². The highest BCUT2D eigenvalue weighted by Crippen LogP contribution is 2.41. The van der Waals surface area contributed by atoms with Crippen molar-refractivity contribution in [2.24, 2.45) is 0 Å². The second-order valence-electron chi connectivity index (χ2n) is 9.24. The Hall–Kier alpha value is -3.70. The monoisotopic (exact) mass is 511 g/mol. The summed E-state index contributed by atoms with van der Waals surface area (Å²) < 4.78 is 83.7. The SMILES string of the molecule is CCc1ccc(CCC2=C=C(C)C=C2)c2c3ccccc3n(-c3cc(C(F)(F)F)cc(C(F)(F)F)c3)c12. The van der Waals surface area contributed by atoms with Crippen molar-refractivity contribution in [1.82, 2.24) is 4.57 Å². The van der Waals surface area contributed by atoms with E-state index in [0.29, 0.717) is 23.9 Å². The Balaban J connectivity index is 1.82. The zero-order chi connectivity index (χ0) is 26.5. The minimum absolute atomic E-state index is 0.166. The Bertz CT molecular complexity index is 1590. The summed E-state index contributed by atoms with van der Waals surface area (Å²) in [6.07, 6.45) is -3.92. The van der Waals surface area contributed by atoms with E-state index in [4.69, 9.17) is 0 Å². The quantitative estimate of drug-likeness (QED) is 0.186. The number of hydrogen-bond acceptors (Lipinski definition) is 0. The molecule has 0 atom stereocenters. The van der Waals surface area contributed by atoms with Gasteiger partial charge in [-0.3, -0.25) is 0 Å². The summed E-state index contributed by atoms with van der Waals surface area (Å²) in [5.74, 6) is 0. The number of para-hydroxylation sites is 1. The molecule has 1 heterocycles. The van der Waals surface area contributed by atoms with Crippen LogP contribution >= 0.6 is 0 Å².